The summed E-state index contributed by atoms with van der Waals surface area (Å²) >= 11 is 1.68. The summed E-state index contributed by atoms with van der Waals surface area (Å²) in [5.41, 5.74) is 0. The highest BCUT2D eigenvalue weighted by Crippen LogP contribution is 2.32. The number of amides is 5. The van der Waals surface area contributed by atoms with Gasteiger partial charge in [0.2, 0.25) is 17.7 Å². The van der Waals surface area contributed by atoms with Crippen LogP contribution in [0.15, 0.2) is 0 Å². The standard InChI is InChI=1S/C16H23N5O7S/c22-4-3-21(7-14(26)27)13(25)6-18-12(24)5-17-11(23)2-1-10-15-9(8-29-10)19-16(28)20-15/h4,9-10,15H,1-3,5-8H2,(H,17,23)(H,18,24)(H,26,27)(H2,19,20,28)/t9-,10-,15-/m0/s1. The van der Waals surface area contributed by atoms with Crippen molar-refractivity contribution in [2.24, 2.45) is 0 Å². The Morgan fingerprint density at radius 2 is 1.90 bits per heavy atom. The Morgan fingerprint density at radius 3 is 2.59 bits per heavy atom. The number of nitrogens with one attached hydrogen (secondary N) is 4. The maximum atomic E-state index is 11.9. The molecule has 0 aromatic carbocycles. The lowest BCUT2D eigenvalue weighted by Gasteiger charge is -2.18. The van der Waals surface area contributed by atoms with E-state index < -0.39 is 37.4 Å². The predicted molar refractivity (Wildman–Crippen MR) is 101 cm³/mol. The topological polar surface area (TPSA) is 174 Å². The Morgan fingerprint density at radius 1 is 1.17 bits per heavy atom. The average molecular weight is 429 g/mol. The second-order valence-corrected chi connectivity index (χ2v) is 7.82. The lowest BCUT2D eigenvalue weighted by Crippen LogP contribution is -2.45. The van der Waals surface area contributed by atoms with Crippen LogP contribution in [0.25, 0.3) is 0 Å². The fourth-order valence-corrected chi connectivity index (χ4v) is 4.53. The summed E-state index contributed by atoms with van der Waals surface area (Å²) in [6, 6.07) is -0.130. The number of aldehydes is 1. The number of urea groups is 1. The van der Waals surface area contributed by atoms with Crippen LogP contribution >= 0.6 is 11.8 Å². The van der Waals surface area contributed by atoms with E-state index in [-0.39, 0.29) is 42.2 Å². The van der Waals surface area contributed by atoms with E-state index in [1.807, 2.05) is 0 Å². The summed E-state index contributed by atoms with van der Waals surface area (Å²) in [4.78, 5) is 68.8. The number of aliphatic carboxylic acids is 1. The number of hydrogen-bond acceptors (Lipinski definition) is 7. The van der Waals surface area contributed by atoms with E-state index in [1.54, 1.807) is 11.8 Å². The first-order valence-electron chi connectivity index (χ1n) is 8.95. The third-order valence-electron chi connectivity index (χ3n) is 4.45. The van der Waals surface area contributed by atoms with Gasteiger partial charge in [0.25, 0.3) is 0 Å². The van der Waals surface area contributed by atoms with Crippen LogP contribution in [0.2, 0.25) is 0 Å². The molecule has 0 unspecified atom stereocenters. The first-order valence-corrected chi connectivity index (χ1v) is 10.00. The normalized spacial score (nSPS) is 22.1. The molecule has 29 heavy (non-hydrogen) atoms. The van der Waals surface area contributed by atoms with Crippen LogP contribution in [0.5, 0.6) is 0 Å². The van der Waals surface area contributed by atoms with Crippen LogP contribution in [-0.4, -0.2) is 95.3 Å². The van der Waals surface area contributed by atoms with Crippen molar-refractivity contribution in [3.8, 4) is 0 Å². The summed E-state index contributed by atoms with van der Waals surface area (Å²) in [6.45, 7) is -1.86. The van der Waals surface area contributed by atoms with Crippen molar-refractivity contribution in [2.45, 2.75) is 30.2 Å². The van der Waals surface area contributed by atoms with Gasteiger partial charge in [-0.15, -0.1) is 0 Å². The zero-order valence-electron chi connectivity index (χ0n) is 15.5. The molecule has 3 atom stereocenters. The third kappa shape index (κ3) is 6.93. The van der Waals surface area contributed by atoms with Crippen molar-refractivity contribution in [3.63, 3.8) is 0 Å². The van der Waals surface area contributed by atoms with Crippen LogP contribution in [-0.2, 0) is 24.0 Å². The minimum absolute atomic E-state index is 0.00488. The molecule has 2 fully saturated rings. The molecule has 2 saturated heterocycles. The molecule has 2 aliphatic heterocycles. The number of carbonyl (C=O) groups is 6. The Bertz CT molecular complexity index is 689. The van der Waals surface area contributed by atoms with E-state index in [0.29, 0.717) is 12.7 Å². The van der Waals surface area contributed by atoms with E-state index in [4.69, 9.17) is 5.11 Å². The van der Waals surface area contributed by atoms with Gasteiger partial charge in [-0.25, -0.2) is 4.79 Å². The molecule has 2 aliphatic rings. The highest BCUT2D eigenvalue weighted by molar-refractivity contribution is 8.00. The molecule has 0 aromatic heterocycles. The lowest BCUT2D eigenvalue weighted by molar-refractivity contribution is -0.144. The Kier molecular flexibility index (Phi) is 8.24. The first kappa shape index (κ1) is 22.5. The van der Waals surface area contributed by atoms with Crippen LogP contribution in [0, 0.1) is 0 Å². The van der Waals surface area contributed by atoms with Crippen molar-refractivity contribution in [3.05, 3.63) is 0 Å². The summed E-state index contributed by atoms with van der Waals surface area (Å²) in [7, 11) is 0. The largest absolute Gasteiger partial charge is 0.480 e. The first-order chi connectivity index (χ1) is 13.8. The Labute approximate surface area is 170 Å². The SMILES string of the molecule is O=CCN(CC(=O)O)C(=O)CNC(=O)CNC(=O)CC[C@@H]1SC[C@@H]2NC(=O)N[C@@H]21. The van der Waals surface area contributed by atoms with Gasteiger partial charge in [0.15, 0.2) is 0 Å². The van der Waals surface area contributed by atoms with Crippen LogP contribution in [0.4, 0.5) is 4.79 Å². The predicted octanol–water partition coefficient (Wildman–Crippen LogP) is -2.72. The van der Waals surface area contributed by atoms with Gasteiger partial charge in [-0.2, -0.15) is 11.8 Å². The monoisotopic (exact) mass is 429 g/mol. The number of fused-ring (bicyclic) bond motifs is 1. The molecule has 5 amide bonds. The number of nitrogens with zero attached hydrogens (tertiary/aromatic N) is 1. The molecule has 0 bridgehead atoms. The number of thioether (sulfide) groups is 1. The molecular formula is C16H23N5O7S. The minimum atomic E-state index is -1.28. The van der Waals surface area contributed by atoms with Crippen LogP contribution < -0.4 is 21.3 Å². The molecule has 12 nitrogen and oxygen atoms in total. The molecular weight excluding hydrogens is 406 g/mol. The molecule has 5 N–H and O–H groups in total. The lowest BCUT2D eigenvalue weighted by atomic mass is 10.0. The molecule has 2 rings (SSSR count). The fourth-order valence-electron chi connectivity index (χ4n) is 3.04. The molecule has 2 heterocycles. The van der Waals surface area contributed by atoms with Crippen molar-refractivity contribution in [2.75, 3.05) is 31.9 Å². The second-order valence-electron chi connectivity index (χ2n) is 6.55. The Balaban J connectivity index is 1.63. The van der Waals surface area contributed by atoms with Crippen LogP contribution in [0.3, 0.4) is 0 Å². The maximum absolute atomic E-state index is 11.9. The van der Waals surface area contributed by atoms with Gasteiger partial charge < -0.3 is 36.1 Å². The molecule has 0 aliphatic carbocycles. The third-order valence-corrected chi connectivity index (χ3v) is 5.96. The van der Waals surface area contributed by atoms with Crippen molar-refractivity contribution in [1.82, 2.24) is 26.2 Å². The van der Waals surface area contributed by atoms with Gasteiger partial charge in [-0.3, -0.25) is 19.2 Å². The number of rotatable bonds is 11. The summed E-state index contributed by atoms with van der Waals surface area (Å²) in [5, 5.41) is 19.2. The molecule has 0 saturated carbocycles. The van der Waals surface area contributed by atoms with E-state index in [2.05, 4.69) is 21.3 Å². The van der Waals surface area contributed by atoms with Crippen molar-refractivity contribution < 1.29 is 33.9 Å². The van der Waals surface area contributed by atoms with Gasteiger partial charge in [-0.1, -0.05) is 0 Å². The minimum Gasteiger partial charge on any atom is -0.480 e. The summed E-state index contributed by atoms with van der Waals surface area (Å²) in [5.74, 6) is -2.16. The molecule has 0 spiro atoms. The van der Waals surface area contributed by atoms with Gasteiger partial charge >= 0.3 is 12.0 Å². The van der Waals surface area contributed by atoms with E-state index in [9.17, 15) is 28.8 Å². The van der Waals surface area contributed by atoms with E-state index >= 15 is 0 Å². The molecule has 0 radical (unpaired) electrons. The quantitative estimate of drug-likeness (QED) is 0.174. The van der Waals surface area contributed by atoms with Gasteiger partial charge in [-0.05, 0) is 6.42 Å². The van der Waals surface area contributed by atoms with Crippen LogP contribution in [0.1, 0.15) is 12.8 Å². The number of hydrogen-bond donors (Lipinski definition) is 5. The molecule has 0 aromatic rings. The van der Waals surface area contributed by atoms with Crippen molar-refractivity contribution >= 4 is 47.8 Å². The van der Waals surface area contributed by atoms with Crippen molar-refractivity contribution in [1.29, 1.82) is 0 Å². The molecule has 13 heteroatoms. The Hall–Kier alpha value is -2.83. The second kappa shape index (κ2) is 10.6. The van der Waals surface area contributed by atoms with E-state index in [0.717, 1.165) is 10.7 Å². The highest BCUT2D eigenvalue weighted by atomic mass is 32.2. The summed E-state index contributed by atoms with van der Waals surface area (Å²) in [6.07, 6.45) is 1.13. The maximum Gasteiger partial charge on any atom is 0.323 e. The number of carbonyl (C=O) groups excluding carboxylic acids is 5. The van der Waals surface area contributed by atoms with E-state index in [1.165, 1.54) is 0 Å². The highest BCUT2D eigenvalue weighted by Gasteiger charge is 2.42. The zero-order chi connectivity index (χ0) is 21.4. The fraction of sp³-hybridized carbons (Fsp3) is 0.625. The zero-order valence-corrected chi connectivity index (χ0v) is 16.3. The summed E-state index contributed by atoms with van der Waals surface area (Å²) < 4.78 is 0. The molecule has 160 valence electrons. The number of carboxylic acids is 1. The van der Waals surface area contributed by atoms with Gasteiger partial charge in [0.05, 0.1) is 31.7 Å². The van der Waals surface area contributed by atoms with Gasteiger partial charge in [0, 0.05) is 17.4 Å². The smallest absolute Gasteiger partial charge is 0.323 e. The number of carboxylic acid groups (broad SMARTS) is 1. The van der Waals surface area contributed by atoms with Gasteiger partial charge in [0.1, 0.15) is 12.8 Å². The average Bonchev–Trinajstić information content (AvgIpc) is 3.21.